The predicted molar refractivity (Wildman–Crippen MR) is 109 cm³/mol. The van der Waals surface area contributed by atoms with Gasteiger partial charge in [-0.25, -0.2) is 0 Å². The summed E-state index contributed by atoms with van der Waals surface area (Å²) in [4.78, 5) is 28.0. The van der Waals surface area contributed by atoms with Crippen LogP contribution in [-0.2, 0) is 6.54 Å². The van der Waals surface area contributed by atoms with Gasteiger partial charge >= 0.3 is 0 Å². The number of amides is 1. The van der Waals surface area contributed by atoms with E-state index >= 15 is 0 Å². The summed E-state index contributed by atoms with van der Waals surface area (Å²) in [6, 6.07) is 11.8. The van der Waals surface area contributed by atoms with Crippen LogP contribution in [0.25, 0.3) is 10.2 Å². The molecule has 1 heterocycles. The third kappa shape index (κ3) is 4.05. The number of rotatable bonds is 5. The van der Waals surface area contributed by atoms with E-state index in [-0.39, 0.29) is 11.6 Å². The molecule has 0 aliphatic carbocycles. The Balaban J connectivity index is 2.13. The van der Waals surface area contributed by atoms with Crippen LogP contribution in [0.2, 0.25) is 0 Å². The number of carbonyl (C=O) groups excluding carboxylic acids is 1. The van der Waals surface area contributed by atoms with Gasteiger partial charge in [-0.3, -0.25) is 14.9 Å². The molecule has 0 spiro atoms. The van der Waals surface area contributed by atoms with E-state index in [9.17, 15) is 14.9 Å². The van der Waals surface area contributed by atoms with E-state index in [1.807, 2.05) is 16.9 Å². The number of nitro benzene ring substituents is 1. The van der Waals surface area contributed by atoms with Crippen LogP contribution < -0.4 is 4.80 Å². The quantitative estimate of drug-likeness (QED) is 0.423. The molecule has 0 saturated carbocycles. The number of hydrogen-bond acceptors (Lipinski definition) is 5. The van der Waals surface area contributed by atoms with Crippen LogP contribution in [0.15, 0.2) is 51.9 Å². The molecule has 9 heteroatoms. The Kier molecular flexibility index (Phi) is 5.90. The predicted octanol–water partition coefficient (Wildman–Crippen LogP) is 4.48. The summed E-state index contributed by atoms with van der Waals surface area (Å²) in [5, 5.41) is 11.0. The number of fused-ring (bicyclic) bond motifs is 1. The van der Waals surface area contributed by atoms with Gasteiger partial charge in [-0.15, -0.1) is 0 Å². The molecule has 3 aromatic rings. The van der Waals surface area contributed by atoms with Gasteiger partial charge in [0, 0.05) is 34.5 Å². The van der Waals surface area contributed by atoms with E-state index in [2.05, 4.69) is 20.9 Å². The lowest BCUT2D eigenvalue weighted by atomic mass is 10.2. The monoisotopic (exact) mass is 451 g/mol. The van der Waals surface area contributed by atoms with Crippen molar-refractivity contribution in [2.45, 2.75) is 6.54 Å². The standard InChI is InChI=1S/C17H14BrN3O3S2/c1-25-8-7-20-14-6-5-13(21(23)24)10-15(14)26-17(20)19-16(22)11-3-2-4-12(18)9-11/h2-6,9-10H,7-8H2,1H3. The normalized spacial score (nSPS) is 11.8. The Bertz CT molecular complexity index is 1060. The van der Waals surface area contributed by atoms with E-state index in [1.54, 1.807) is 36.0 Å². The summed E-state index contributed by atoms with van der Waals surface area (Å²) >= 11 is 6.32. The number of halogens is 1. The number of aryl methyl sites for hydroxylation is 1. The van der Waals surface area contributed by atoms with Gasteiger partial charge in [-0.05, 0) is 30.5 Å². The van der Waals surface area contributed by atoms with E-state index in [0.717, 1.165) is 20.4 Å². The Morgan fingerprint density at radius 3 is 2.85 bits per heavy atom. The third-order valence-electron chi connectivity index (χ3n) is 3.66. The lowest BCUT2D eigenvalue weighted by Gasteiger charge is -2.03. The summed E-state index contributed by atoms with van der Waals surface area (Å²) in [7, 11) is 0. The number of thioether (sulfide) groups is 1. The number of aromatic nitrogens is 1. The molecule has 1 aromatic heterocycles. The highest BCUT2D eigenvalue weighted by atomic mass is 79.9. The van der Waals surface area contributed by atoms with Gasteiger partial charge in [0.05, 0.1) is 15.1 Å². The fourth-order valence-corrected chi connectivity index (χ4v) is 4.28. The molecule has 2 aromatic carbocycles. The van der Waals surface area contributed by atoms with Crippen LogP contribution in [0, 0.1) is 10.1 Å². The highest BCUT2D eigenvalue weighted by Crippen LogP contribution is 2.23. The second-order valence-corrected chi connectivity index (χ2v) is 8.28. The zero-order valence-corrected chi connectivity index (χ0v) is 16.9. The van der Waals surface area contributed by atoms with E-state index in [0.29, 0.717) is 16.9 Å². The molecule has 0 aliphatic rings. The summed E-state index contributed by atoms with van der Waals surface area (Å²) in [5.41, 5.74) is 1.36. The molecule has 0 N–H and O–H groups in total. The van der Waals surface area contributed by atoms with Crippen molar-refractivity contribution >= 4 is 60.8 Å². The van der Waals surface area contributed by atoms with Crippen molar-refractivity contribution in [1.29, 1.82) is 0 Å². The average molecular weight is 452 g/mol. The van der Waals surface area contributed by atoms with Gasteiger partial charge in [-0.1, -0.05) is 33.3 Å². The van der Waals surface area contributed by atoms with Gasteiger partial charge < -0.3 is 4.57 Å². The summed E-state index contributed by atoms with van der Waals surface area (Å²) in [5.74, 6) is 0.506. The first-order valence-electron chi connectivity index (χ1n) is 7.61. The van der Waals surface area contributed by atoms with Crippen LogP contribution in [-0.4, -0.2) is 27.4 Å². The van der Waals surface area contributed by atoms with Crippen LogP contribution in [0.1, 0.15) is 10.4 Å². The Morgan fingerprint density at radius 1 is 1.35 bits per heavy atom. The molecule has 0 atom stereocenters. The number of thiazole rings is 1. The molecule has 6 nitrogen and oxygen atoms in total. The van der Waals surface area contributed by atoms with Gasteiger partial charge in [0.15, 0.2) is 4.80 Å². The maximum absolute atomic E-state index is 12.5. The molecule has 0 fully saturated rings. The highest BCUT2D eigenvalue weighted by molar-refractivity contribution is 9.10. The Morgan fingerprint density at radius 2 is 2.15 bits per heavy atom. The maximum Gasteiger partial charge on any atom is 0.279 e. The average Bonchev–Trinajstić information content (AvgIpc) is 2.96. The lowest BCUT2D eigenvalue weighted by Crippen LogP contribution is -2.18. The minimum atomic E-state index is -0.422. The minimum absolute atomic E-state index is 0.0284. The van der Waals surface area contributed by atoms with Gasteiger partial charge in [-0.2, -0.15) is 16.8 Å². The van der Waals surface area contributed by atoms with Crippen molar-refractivity contribution in [2.24, 2.45) is 4.99 Å². The minimum Gasteiger partial charge on any atom is -0.315 e. The van der Waals surface area contributed by atoms with Crippen LogP contribution in [0.5, 0.6) is 0 Å². The van der Waals surface area contributed by atoms with Crippen molar-refractivity contribution in [2.75, 3.05) is 12.0 Å². The first-order chi connectivity index (χ1) is 12.5. The maximum atomic E-state index is 12.5. The summed E-state index contributed by atoms with van der Waals surface area (Å²) < 4.78 is 3.48. The number of non-ortho nitro benzene ring substituents is 1. The number of benzene rings is 2. The third-order valence-corrected chi connectivity index (χ3v) is 5.79. The Hall–Kier alpha value is -1.97. The fraction of sp³-hybridized carbons (Fsp3) is 0.176. The zero-order chi connectivity index (χ0) is 18.7. The zero-order valence-electron chi connectivity index (χ0n) is 13.7. The van der Waals surface area contributed by atoms with Crippen LogP contribution >= 0.6 is 39.0 Å². The molecule has 0 radical (unpaired) electrons. The molecule has 0 saturated heterocycles. The van der Waals surface area contributed by atoms with E-state index in [4.69, 9.17) is 0 Å². The molecule has 3 rings (SSSR count). The Labute approximate surface area is 165 Å². The van der Waals surface area contributed by atoms with E-state index < -0.39 is 4.92 Å². The number of hydrogen-bond donors (Lipinski definition) is 0. The first-order valence-corrected chi connectivity index (χ1v) is 10.6. The van der Waals surface area contributed by atoms with Crippen molar-refractivity contribution in [3.63, 3.8) is 0 Å². The fourth-order valence-electron chi connectivity index (χ4n) is 2.43. The first kappa shape index (κ1) is 18.8. The molecule has 0 aliphatic heterocycles. The number of nitro groups is 1. The molecule has 0 bridgehead atoms. The summed E-state index contributed by atoms with van der Waals surface area (Å²) in [6.45, 7) is 0.670. The molecule has 1 amide bonds. The van der Waals surface area contributed by atoms with Crippen LogP contribution in [0.4, 0.5) is 5.69 Å². The largest absolute Gasteiger partial charge is 0.315 e. The van der Waals surface area contributed by atoms with Crippen molar-refractivity contribution < 1.29 is 9.72 Å². The SMILES string of the molecule is CSCCn1c(=NC(=O)c2cccc(Br)c2)sc2cc([N+](=O)[O-])ccc21. The van der Waals surface area contributed by atoms with E-state index in [1.165, 1.54) is 23.5 Å². The summed E-state index contributed by atoms with van der Waals surface area (Å²) in [6.07, 6.45) is 2.00. The number of carbonyl (C=O) groups is 1. The highest BCUT2D eigenvalue weighted by Gasteiger charge is 2.13. The van der Waals surface area contributed by atoms with Crippen molar-refractivity contribution in [3.05, 3.63) is 67.4 Å². The molecular formula is C17H14BrN3O3S2. The number of nitrogens with zero attached hydrogens (tertiary/aromatic N) is 3. The van der Waals surface area contributed by atoms with Crippen LogP contribution in [0.3, 0.4) is 0 Å². The van der Waals surface area contributed by atoms with Gasteiger partial charge in [0.1, 0.15) is 0 Å². The van der Waals surface area contributed by atoms with Crippen molar-refractivity contribution in [3.8, 4) is 0 Å². The van der Waals surface area contributed by atoms with Gasteiger partial charge in [0.25, 0.3) is 11.6 Å². The lowest BCUT2D eigenvalue weighted by molar-refractivity contribution is -0.384. The molecular weight excluding hydrogens is 438 g/mol. The smallest absolute Gasteiger partial charge is 0.279 e. The molecule has 26 heavy (non-hydrogen) atoms. The molecule has 134 valence electrons. The van der Waals surface area contributed by atoms with Gasteiger partial charge in [0.2, 0.25) is 0 Å². The molecule has 0 unspecified atom stereocenters. The van der Waals surface area contributed by atoms with Crippen molar-refractivity contribution in [1.82, 2.24) is 4.57 Å². The topological polar surface area (TPSA) is 77.5 Å². The second kappa shape index (κ2) is 8.15. The second-order valence-electron chi connectivity index (χ2n) is 5.37.